The largest absolute Gasteiger partial charge is 0.545 e. The lowest BCUT2D eigenvalue weighted by Gasteiger charge is -2.14. The van der Waals surface area contributed by atoms with Crippen LogP contribution in [0.4, 0.5) is 5.69 Å². The molecule has 1 aliphatic heterocycles. The van der Waals surface area contributed by atoms with E-state index in [1.165, 1.54) is 40.9 Å². The number of thiocarbonyl (C=S) groups is 1. The molecular weight excluding hydrogens is 408 g/mol. The number of hydrogen-bond acceptors (Lipinski definition) is 6. The van der Waals surface area contributed by atoms with Crippen molar-refractivity contribution in [3.63, 3.8) is 0 Å². The molecule has 0 spiro atoms. The zero-order chi connectivity index (χ0) is 20.8. The molecule has 2 aromatic rings. The molecule has 0 unspecified atom stereocenters. The molecule has 0 aromatic heterocycles. The van der Waals surface area contributed by atoms with E-state index in [1.54, 1.807) is 0 Å². The van der Waals surface area contributed by atoms with Crippen molar-refractivity contribution in [1.29, 1.82) is 0 Å². The third kappa shape index (κ3) is 5.52. The second-order valence-electron chi connectivity index (χ2n) is 6.26. The van der Waals surface area contributed by atoms with Gasteiger partial charge in [-0.25, -0.2) is 0 Å². The zero-order valence-corrected chi connectivity index (χ0v) is 16.9. The molecule has 0 bridgehead atoms. The number of amides is 2. The summed E-state index contributed by atoms with van der Waals surface area (Å²) in [6.07, 6.45) is 2.47. The van der Waals surface area contributed by atoms with Crippen LogP contribution in [0.15, 0.2) is 59.5 Å². The van der Waals surface area contributed by atoms with Crippen LogP contribution in [0.3, 0.4) is 0 Å². The van der Waals surface area contributed by atoms with Gasteiger partial charge < -0.3 is 15.2 Å². The average Bonchev–Trinajstić information content (AvgIpc) is 2.96. The molecule has 0 atom stereocenters. The Morgan fingerprint density at radius 1 is 1.10 bits per heavy atom. The second kappa shape index (κ2) is 9.49. The van der Waals surface area contributed by atoms with E-state index in [2.05, 4.69) is 5.32 Å². The molecular formula is C21H17N2O4S2-. The maximum absolute atomic E-state index is 12.6. The Morgan fingerprint density at radius 2 is 1.79 bits per heavy atom. The molecule has 2 aromatic carbocycles. The highest BCUT2D eigenvalue weighted by Crippen LogP contribution is 2.32. The first kappa shape index (κ1) is 20.8. The smallest absolute Gasteiger partial charge is 0.266 e. The van der Waals surface area contributed by atoms with Gasteiger partial charge in [-0.1, -0.05) is 66.4 Å². The lowest BCUT2D eigenvalue weighted by molar-refractivity contribution is -0.255. The monoisotopic (exact) mass is 425 g/mol. The highest BCUT2D eigenvalue weighted by molar-refractivity contribution is 8.26. The molecule has 6 nitrogen and oxygen atoms in total. The minimum atomic E-state index is -1.27. The van der Waals surface area contributed by atoms with Crippen LogP contribution in [0.2, 0.25) is 0 Å². The molecule has 0 radical (unpaired) electrons. The number of thioether (sulfide) groups is 1. The summed E-state index contributed by atoms with van der Waals surface area (Å²) in [5.74, 6) is -1.65. The molecule has 1 fully saturated rings. The van der Waals surface area contributed by atoms with Crippen LogP contribution in [0.25, 0.3) is 6.08 Å². The van der Waals surface area contributed by atoms with E-state index in [0.29, 0.717) is 27.9 Å². The molecule has 0 saturated carbocycles. The van der Waals surface area contributed by atoms with Crippen LogP contribution in [0.1, 0.15) is 28.8 Å². The summed E-state index contributed by atoms with van der Waals surface area (Å²) in [5.41, 5.74) is 1.47. The zero-order valence-electron chi connectivity index (χ0n) is 15.3. The predicted molar refractivity (Wildman–Crippen MR) is 115 cm³/mol. The van der Waals surface area contributed by atoms with Gasteiger partial charge in [0, 0.05) is 18.7 Å². The van der Waals surface area contributed by atoms with Gasteiger partial charge in [0.25, 0.3) is 5.91 Å². The second-order valence-corrected chi connectivity index (χ2v) is 7.94. The minimum absolute atomic E-state index is 0.0425. The number of aromatic carboxylic acids is 1. The molecule has 0 aliphatic carbocycles. The quantitative estimate of drug-likeness (QED) is 0.542. The summed E-state index contributed by atoms with van der Waals surface area (Å²) in [5, 5.41) is 13.4. The van der Waals surface area contributed by atoms with Crippen molar-refractivity contribution >= 4 is 57.8 Å². The van der Waals surface area contributed by atoms with Crippen LogP contribution < -0.4 is 10.4 Å². The first-order chi connectivity index (χ1) is 13.9. The van der Waals surface area contributed by atoms with E-state index in [4.69, 9.17) is 12.2 Å². The number of rotatable bonds is 7. The molecule has 1 saturated heterocycles. The van der Waals surface area contributed by atoms with Crippen molar-refractivity contribution in [3.8, 4) is 0 Å². The molecule has 8 heteroatoms. The van der Waals surface area contributed by atoms with E-state index in [0.717, 1.165) is 5.56 Å². The van der Waals surface area contributed by atoms with E-state index in [-0.39, 0.29) is 23.8 Å². The van der Waals surface area contributed by atoms with Crippen LogP contribution in [-0.4, -0.2) is 33.5 Å². The number of carboxylic acids is 1. The lowest BCUT2D eigenvalue weighted by atomic mass is 10.2. The van der Waals surface area contributed by atoms with Gasteiger partial charge in [-0.15, -0.1) is 0 Å². The van der Waals surface area contributed by atoms with E-state index in [9.17, 15) is 19.5 Å². The summed E-state index contributed by atoms with van der Waals surface area (Å²) in [6.45, 7) is 0.355. The molecule has 3 rings (SSSR count). The molecule has 1 N–H and O–H groups in total. The van der Waals surface area contributed by atoms with Crippen molar-refractivity contribution in [2.24, 2.45) is 0 Å². The first-order valence-electron chi connectivity index (χ1n) is 8.86. The Morgan fingerprint density at radius 3 is 2.45 bits per heavy atom. The third-order valence-corrected chi connectivity index (χ3v) is 5.54. The molecule has 1 heterocycles. The summed E-state index contributed by atoms with van der Waals surface area (Å²) in [6, 6.07) is 15.3. The Hall–Kier alpha value is -2.97. The number of nitrogens with one attached hydrogen (secondary N) is 1. The SMILES string of the molecule is O=C(CCCN1C(=O)/C(=C/c2ccccc2)SC1=S)Nc1ccc(C(=O)[O-])cc1. The highest BCUT2D eigenvalue weighted by atomic mass is 32.2. The summed E-state index contributed by atoms with van der Waals surface area (Å²) in [7, 11) is 0. The Labute approximate surface area is 177 Å². The maximum atomic E-state index is 12.6. The van der Waals surface area contributed by atoms with Gasteiger partial charge in [-0.2, -0.15) is 0 Å². The van der Waals surface area contributed by atoms with Gasteiger partial charge in [0.1, 0.15) is 4.32 Å². The van der Waals surface area contributed by atoms with Gasteiger partial charge in [0.15, 0.2) is 0 Å². The highest BCUT2D eigenvalue weighted by Gasteiger charge is 2.31. The van der Waals surface area contributed by atoms with Crippen molar-refractivity contribution < 1.29 is 19.5 Å². The van der Waals surface area contributed by atoms with Crippen molar-refractivity contribution in [3.05, 3.63) is 70.6 Å². The van der Waals surface area contributed by atoms with Crippen molar-refractivity contribution in [1.82, 2.24) is 4.90 Å². The average molecular weight is 426 g/mol. The van der Waals surface area contributed by atoms with Gasteiger partial charge in [0.05, 0.1) is 10.9 Å². The molecule has 148 valence electrons. The number of benzene rings is 2. The Balaban J connectivity index is 1.50. The van der Waals surface area contributed by atoms with Gasteiger partial charge >= 0.3 is 0 Å². The fraction of sp³-hybridized carbons (Fsp3) is 0.143. The van der Waals surface area contributed by atoms with Crippen LogP contribution in [-0.2, 0) is 9.59 Å². The Bertz CT molecular complexity index is 972. The molecule has 2 amide bonds. The summed E-state index contributed by atoms with van der Waals surface area (Å²) in [4.78, 5) is 37.5. The normalized spacial score (nSPS) is 15.0. The standard InChI is InChI=1S/C21H18N2O4S2/c24-18(22-16-10-8-15(9-11-16)20(26)27)7-4-12-23-19(25)17(29-21(23)28)13-14-5-2-1-3-6-14/h1-3,5-6,8-11,13H,4,7,12H2,(H,22,24)(H,26,27)/p-1/b17-13-. The molecule has 29 heavy (non-hydrogen) atoms. The van der Waals surface area contributed by atoms with Gasteiger partial charge in [0.2, 0.25) is 5.91 Å². The molecule has 1 aliphatic rings. The van der Waals surface area contributed by atoms with E-state index in [1.807, 2.05) is 36.4 Å². The number of hydrogen-bond donors (Lipinski definition) is 1. The lowest BCUT2D eigenvalue weighted by Crippen LogP contribution is -2.29. The first-order valence-corrected chi connectivity index (χ1v) is 10.1. The fourth-order valence-corrected chi connectivity index (χ4v) is 4.01. The van der Waals surface area contributed by atoms with Gasteiger partial charge in [-0.3, -0.25) is 14.5 Å². The minimum Gasteiger partial charge on any atom is -0.545 e. The summed E-state index contributed by atoms with van der Waals surface area (Å²) < 4.78 is 0.482. The number of carbonyl (C=O) groups is 3. The van der Waals surface area contributed by atoms with Crippen molar-refractivity contribution in [2.75, 3.05) is 11.9 Å². The fourth-order valence-electron chi connectivity index (χ4n) is 2.70. The summed E-state index contributed by atoms with van der Waals surface area (Å²) >= 11 is 6.56. The number of carboxylic acid groups (broad SMARTS) is 1. The maximum Gasteiger partial charge on any atom is 0.266 e. The van der Waals surface area contributed by atoms with E-state index < -0.39 is 5.97 Å². The number of anilines is 1. The van der Waals surface area contributed by atoms with Crippen LogP contribution >= 0.6 is 24.0 Å². The Kier molecular flexibility index (Phi) is 6.79. The van der Waals surface area contributed by atoms with Crippen LogP contribution in [0, 0.1) is 0 Å². The topological polar surface area (TPSA) is 89.5 Å². The number of carbonyl (C=O) groups excluding carboxylic acids is 3. The predicted octanol–water partition coefficient (Wildman–Crippen LogP) is 2.67. The number of nitrogens with zero attached hydrogens (tertiary/aromatic N) is 1. The van der Waals surface area contributed by atoms with Gasteiger partial charge in [-0.05, 0) is 35.8 Å². The van der Waals surface area contributed by atoms with E-state index >= 15 is 0 Å². The van der Waals surface area contributed by atoms with Crippen LogP contribution in [0.5, 0.6) is 0 Å². The third-order valence-electron chi connectivity index (χ3n) is 4.16. The van der Waals surface area contributed by atoms with Crippen molar-refractivity contribution in [2.45, 2.75) is 12.8 Å².